The molecule has 0 heterocycles. The molecule has 0 aromatic heterocycles. The lowest BCUT2D eigenvalue weighted by atomic mass is 9.88. The second-order valence-corrected chi connectivity index (χ2v) is 4.92. The van der Waals surface area contributed by atoms with Crippen LogP contribution < -0.4 is 19.9 Å². The van der Waals surface area contributed by atoms with Gasteiger partial charge in [0.15, 0.2) is 0 Å². The van der Waals surface area contributed by atoms with Gasteiger partial charge in [-0.2, -0.15) is 0 Å². The highest BCUT2D eigenvalue weighted by molar-refractivity contribution is 5.75. The van der Waals surface area contributed by atoms with Crippen molar-refractivity contribution < 1.29 is 23.7 Å². The van der Waals surface area contributed by atoms with Crippen molar-refractivity contribution in [3.63, 3.8) is 0 Å². The number of esters is 1. The molecule has 6 nitrogen and oxygen atoms in total. The molecule has 22 heavy (non-hydrogen) atoms. The van der Waals surface area contributed by atoms with Crippen LogP contribution in [0.2, 0.25) is 0 Å². The summed E-state index contributed by atoms with van der Waals surface area (Å²) in [6, 6.07) is 2.90. The Labute approximate surface area is 131 Å². The van der Waals surface area contributed by atoms with Crippen LogP contribution in [-0.2, 0) is 9.53 Å². The number of rotatable bonds is 8. The molecule has 0 amide bonds. The van der Waals surface area contributed by atoms with Gasteiger partial charge in [0.05, 0.1) is 28.4 Å². The molecule has 1 rings (SSSR count). The maximum absolute atomic E-state index is 11.6. The summed E-state index contributed by atoms with van der Waals surface area (Å²) in [5.74, 6) is 1.53. The van der Waals surface area contributed by atoms with Crippen LogP contribution in [0.4, 0.5) is 0 Å². The van der Waals surface area contributed by atoms with Crippen molar-refractivity contribution >= 4 is 5.97 Å². The molecule has 0 fully saturated rings. The van der Waals surface area contributed by atoms with Crippen molar-refractivity contribution in [1.29, 1.82) is 0 Å². The molecule has 2 N–H and O–H groups in total. The first-order valence-corrected chi connectivity index (χ1v) is 7.15. The highest BCUT2D eigenvalue weighted by atomic mass is 16.5. The van der Waals surface area contributed by atoms with Crippen molar-refractivity contribution in [3.8, 4) is 17.2 Å². The molecule has 0 bridgehead atoms. The van der Waals surface area contributed by atoms with Crippen molar-refractivity contribution in [2.24, 2.45) is 5.73 Å². The van der Waals surface area contributed by atoms with Crippen LogP contribution in [0.15, 0.2) is 12.1 Å². The first-order chi connectivity index (χ1) is 10.5. The van der Waals surface area contributed by atoms with E-state index in [4.69, 9.17) is 24.7 Å². The van der Waals surface area contributed by atoms with Crippen molar-refractivity contribution in [1.82, 2.24) is 0 Å². The van der Waals surface area contributed by atoms with Gasteiger partial charge in [0, 0.05) is 17.7 Å². The summed E-state index contributed by atoms with van der Waals surface area (Å²) in [7, 11) is 6.09. The van der Waals surface area contributed by atoms with Crippen LogP contribution in [0, 0.1) is 0 Å². The molecule has 0 aliphatic heterocycles. The molecular formula is C16H25NO5. The molecule has 0 aliphatic rings. The van der Waals surface area contributed by atoms with E-state index in [0.717, 1.165) is 12.0 Å². The van der Waals surface area contributed by atoms with Crippen molar-refractivity contribution in [3.05, 3.63) is 17.7 Å². The number of hydrogen-bond acceptors (Lipinski definition) is 6. The Kier molecular flexibility index (Phi) is 6.98. The third-order valence-corrected chi connectivity index (χ3v) is 3.70. The Balaban J connectivity index is 3.22. The lowest BCUT2D eigenvalue weighted by Crippen LogP contribution is -2.33. The zero-order valence-corrected chi connectivity index (χ0v) is 13.8. The Morgan fingerprint density at radius 1 is 1.09 bits per heavy atom. The second kappa shape index (κ2) is 8.48. The minimum absolute atomic E-state index is 0.00454. The van der Waals surface area contributed by atoms with Gasteiger partial charge >= 0.3 is 5.97 Å². The molecule has 0 radical (unpaired) electrons. The van der Waals surface area contributed by atoms with Crippen LogP contribution >= 0.6 is 0 Å². The summed E-state index contributed by atoms with van der Waals surface area (Å²) < 4.78 is 20.9. The summed E-state index contributed by atoms with van der Waals surface area (Å²) in [5, 5.41) is 0. The van der Waals surface area contributed by atoms with E-state index in [1.54, 1.807) is 33.5 Å². The predicted molar refractivity (Wildman–Crippen MR) is 83.7 cm³/mol. The van der Waals surface area contributed by atoms with Crippen LogP contribution in [0.25, 0.3) is 0 Å². The standard InChI is InChI=1S/C16H25NO5/c1-6-10(7-12(17)16(18)22-5)15-13(20-3)8-11(19-2)9-14(15)21-4/h8-10,12H,6-7,17H2,1-5H3. The highest BCUT2D eigenvalue weighted by Gasteiger charge is 2.26. The first-order valence-electron chi connectivity index (χ1n) is 7.15. The number of carbonyl (C=O) groups excluding carboxylic acids is 1. The third kappa shape index (κ3) is 4.04. The van der Waals surface area contributed by atoms with E-state index in [1.165, 1.54) is 7.11 Å². The van der Waals surface area contributed by atoms with E-state index in [2.05, 4.69) is 0 Å². The average molecular weight is 311 g/mol. The van der Waals surface area contributed by atoms with Gasteiger partial charge in [-0.1, -0.05) is 6.92 Å². The molecule has 0 aliphatic carbocycles. The van der Waals surface area contributed by atoms with Gasteiger partial charge in [0.2, 0.25) is 0 Å². The SMILES string of the molecule is CCC(CC(N)C(=O)OC)c1c(OC)cc(OC)cc1OC. The van der Waals surface area contributed by atoms with Gasteiger partial charge in [-0.25, -0.2) is 0 Å². The fourth-order valence-electron chi connectivity index (χ4n) is 2.48. The van der Waals surface area contributed by atoms with E-state index < -0.39 is 12.0 Å². The summed E-state index contributed by atoms with van der Waals surface area (Å²) in [6.45, 7) is 2.03. The number of hydrogen-bond donors (Lipinski definition) is 1. The molecule has 2 unspecified atom stereocenters. The Hall–Kier alpha value is -1.95. The predicted octanol–water partition coefficient (Wildman–Crippen LogP) is 2.10. The lowest BCUT2D eigenvalue weighted by molar-refractivity contribution is -0.142. The van der Waals surface area contributed by atoms with Gasteiger partial charge in [0.25, 0.3) is 0 Å². The molecule has 0 saturated carbocycles. The molecular weight excluding hydrogens is 286 g/mol. The van der Waals surface area contributed by atoms with Crippen LogP contribution in [0.1, 0.15) is 31.2 Å². The zero-order chi connectivity index (χ0) is 16.7. The number of benzene rings is 1. The van der Waals surface area contributed by atoms with Gasteiger partial charge in [0.1, 0.15) is 23.3 Å². The summed E-state index contributed by atoms with van der Waals surface area (Å²) >= 11 is 0. The second-order valence-electron chi connectivity index (χ2n) is 4.92. The maximum Gasteiger partial charge on any atom is 0.322 e. The largest absolute Gasteiger partial charge is 0.496 e. The van der Waals surface area contributed by atoms with E-state index in [1.807, 2.05) is 6.92 Å². The van der Waals surface area contributed by atoms with Crippen molar-refractivity contribution in [2.45, 2.75) is 31.7 Å². The Morgan fingerprint density at radius 3 is 2.00 bits per heavy atom. The molecule has 124 valence electrons. The smallest absolute Gasteiger partial charge is 0.322 e. The van der Waals surface area contributed by atoms with Gasteiger partial charge in [-0.3, -0.25) is 4.79 Å². The molecule has 0 spiro atoms. The fraction of sp³-hybridized carbons (Fsp3) is 0.562. The number of nitrogens with two attached hydrogens (primary N) is 1. The molecule has 6 heteroatoms. The van der Waals surface area contributed by atoms with E-state index in [9.17, 15) is 4.79 Å². The minimum atomic E-state index is -0.688. The Bertz CT molecular complexity index is 478. The number of carbonyl (C=O) groups is 1. The quantitative estimate of drug-likeness (QED) is 0.741. The van der Waals surface area contributed by atoms with E-state index in [-0.39, 0.29) is 5.92 Å². The lowest BCUT2D eigenvalue weighted by Gasteiger charge is -2.23. The van der Waals surface area contributed by atoms with Crippen LogP contribution in [0.3, 0.4) is 0 Å². The van der Waals surface area contributed by atoms with Gasteiger partial charge in [-0.15, -0.1) is 0 Å². The number of ether oxygens (including phenoxy) is 4. The zero-order valence-electron chi connectivity index (χ0n) is 13.8. The topological polar surface area (TPSA) is 80.0 Å². The summed E-state index contributed by atoms with van der Waals surface area (Å²) in [6.07, 6.45) is 1.23. The fourth-order valence-corrected chi connectivity index (χ4v) is 2.48. The monoisotopic (exact) mass is 311 g/mol. The molecule has 2 atom stereocenters. The molecule has 1 aromatic rings. The number of methoxy groups -OCH3 is 4. The maximum atomic E-state index is 11.6. The van der Waals surface area contributed by atoms with E-state index >= 15 is 0 Å². The third-order valence-electron chi connectivity index (χ3n) is 3.70. The van der Waals surface area contributed by atoms with Crippen molar-refractivity contribution in [2.75, 3.05) is 28.4 Å². The van der Waals surface area contributed by atoms with E-state index in [0.29, 0.717) is 23.7 Å². The van der Waals surface area contributed by atoms with Gasteiger partial charge in [-0.05, 0) is 18.8 Å². The molecule has 1 aromatic carbocycles. The average Bonchev–Trinajstić information content (AvgIpc) is 2.57. The normalized spacial score (nSPS) is 13.2. The molecule has 0 saturated heterocycles. The first kappa shape index (κ1) is 18.1. The highest BCUT2D eigenvalue weighted by Crippen LogP contribution is 2.42. The minimum Gasteiger partial charge on any atom is -0.496 e. The van der Waals surface area contributed by atoms with Crippen LogP contribution in [0.5, 0.6) is 17.2 Å². The summed E-state index contributed by atoms with van der Waals surface area (Å²) in [5.41, 5.74) is 6.78. The summed E-state index contributed by atoms with van der Waals surface area (Å²) in [4.78, 5) is 11.6. The Morgan fingerprint density at radius 2 is 1.64 bits per heavy atom. The van der Waals surface area contributed by atoms with Crippen LogP contribution in [-0.4, -0.2) is 40.5 Å². The van der Waals surface area contributed by atoms with Gasteiger partial charge < -0.3 is 24.7 Å².